The Bertz CT molecular complexity index is 437. The molecule has 0 bridgehead atoms. The molecule has 1 unspecified atom stereocenters. The lowest BCUT2D eigenvalue weighted by molar-refractivity contribution is 0.356. The lowest BCUT2D eigenvalue weighted by atomic mass is 9.99. The molecular weight excluding hydrogens is 246 g/mol. The Hall–Kier alpha value is -1.02. The van der Waals surface area contributed by atoms with Crippen LogP contribution in [0.4, 0.5) is 0 Å². The molecule has 1 N–H and O–H groups in total. The van der Waals surface area contributed by atoms with Crippen molar-refractivity contribution in [2.24, 2.45) is 5.92 Å². The first-order valence-corrected chi connectivity index (χ1v) is 8.36. The van der Waals surface area contributed by atoms with Crippen molar-refractivity contribution in [3.05, 3.63) is 29.3 Å². The molecule has 0 saturated heterocycles. The van der Waals surface area contributed by atoms with E-state index in [0.29, 0.717) is 6.04 Å². The average Bonchev–Trinajstić information content (AvgIpc) is 3.13. The molecule has 1 aromatic carbocycles. The van der Waals surface area contributed by atoms with Gasteiger partial charge in [-0.1, -0.05) is 44.7 Å². The van der Waals surface area contributed by atoms with Gasteiger partial charge in [0.2, 0.25) is 0 Å². The van der Waals surface area contributed by atoms with Crippen LogP contribution in [0.3, 0.4) is 0 Å². The molecule has 2 nitrogen and oxygen atoms in total. The van der Waals surface area contributed by atoms with E-state index in [4.69, 9.17) is 4.74 Å². The molecule has 3 rings (SSSR count). The topological polar surface area (TPSA) is 21.3 Å². The Labute approximate surface area is 122 Å². The van der Waals surface area contributed by atoms with Crippen LogP contribution in [-0.2, 0) is 6.42 Å². The van der Waals surface area contributed by atoms with Gasteiger partial charge in [0.25, 0.3) is 0 Å². The van der Waals surface area contributed by atoms with Gasteiger partial charge in [-0.2, -0.15) is 0 Å². The Morgan fingerprint density at radius 3 is 2.95 bits per heavy atom. The van der Waals surface area contributed by atoms with Crippen LogP contribution in [-0.4, -0.2) is 13.2 Å². The maximum Gasteiger partial charge on any atom is 0.122 e. The van der Waals surface area contributed by atoms with Crippen molar-refractivity contribution in [2.45, 2.75) is 57.9 Å². The van der Waals surface area contributed by atoms with E-state index in [-0.39, 0.29) is 0 Å². The maximum atomic E-state index is 5.60. The first kappa shape index (κ1) is 13.9. The van der Waals surface area contributed by atoms with Gasteiger partial charge in [-0.15, -0.1) is 0 Å². The van der Waals surface area contributed by atoms with E-state index in [1.54, 1.807) is 0 Å². The minimum absolute atomic E-state index is 0.502. The van der Waals surface area contributed by atoms with Gasteiger partial charge in [0, 0.05) is 12.5 Å². The van der Waals surface area contributed by atoms with Gasteiger partial charge >= 0.3 is 0 Å². The Morgan fingerprint density at radius 1 is 1.30 bits per heavy atom. The SMILES string of the molecule is CCC(NCCC1CCCC1)c1ccc2c(c1)CCO2. The molecule has 110 valence electrons. The van der Waals surface area contributed by atoms with Crippen LogP contribution in [0.5, 0.6) is 5.75 Å². The summed E-state index contributed by atoms with van der Waals surface area (Å²) in [6, 6.07) is 7.24. The van der Waals surface area contributed by atoms with Crippen LogP contribution in [0.15, 0.2) is 18.2 Å². The minimum atomic E-state index is 0.502. The van der Waals surface area contributed by atoms with E-state index in [0.717, 1.165) is 37.7 Å². The molecule has 1 aromatic rings. The van der Waals surface area contributed by atoms with Crippen LogP contribution in [0.1, 0.15) is 62.6 Å². The summed E-state index contributed by atoms with van der Waals surface area (Å²) in [5, 5.41) is 3.76. The lowest BCUT2D eigenvalue weighted by Crippen LogP contribution is -2.23. The molecule has 1 heterocycles. The average molecular weight is 273 g/mol. The van der Waals surface area contributed by atoms with Gasteiger partial charge in [-0.05, 0) is 42.5 Å². The number of fused-ring (bicyclic) bond motifs is 1. The zero-order valence-electron chi connectivity index (χ0n) is 12.7. The number of rotatable bonds is 6. The predicted molar refractivity (Wildman–Crippen MR) is 83.3 cm³/mol. The molecule has 0 spiro atoms. The molecule has 0 amide bonds. The van der Waals surface area contributed by atoms with Crippen molar-refractivity contribution in [1.29, 1.82) is 0 Å². The number of benzene rings is 1. The summed E-state index contributed by atoms with van der Waals surface area (Å²) in [4.78, 5) is 0. The first-order chi connectivity index (χ1) is 9.86. The van der Waals surface area contributed by atoms with Crippen LogP contribution in [0, 0.1) is 5.92 Å². The fourth-order valence-electron chi connectivity index (χ4n) is 3.68. The Balaban J connectivity index is 1.55. The van der Waals surface area contributed by atoms with Gasteiger partial charge in [0.15, 0.2) is 0 Å². The summed E-state index contributed by atoms with van der Waals surface area (Å²) in [5.74, 6) is 2.07. The van der Waals surface area contributed by atoms with Crippen molar-refractivity contribution in [3.63, 3.8) is 0 Å². The fourth-order valence-corrected chi connectivity index (χ4v) is 3.68. The van der Waals surface area contributed by atoms with Gasteiger partial charge in [-0.3, -0.25) is 0 Å². The molecule has 1 aliphatic carbocycles. The van der Waals surface area contributed by atoms with Crippen LogP contribution < -0.4 is 10.1 Å². The summed E-state index contributed by atoms with van der Waals surface area (Å²) in [6.45, 7) is 4.29. The molecule has 1 atom stereocenters. The van der Waals surface area contributed by atoms with Crippen LogP contribution in [0.2, 0.25) is 0 Å². The lowest BCUT2D eigenvalue weighted by Gasteiger charge is -2.19. The quantitative estimate of drug-likeness (QED) is 0.837. The second-order valence-corrected chi connectivity index (χ2v) is 6.32. The summed E-state index contributed by atoms with van der Waals surface area (Å²) >= 11 is 0. The highest BCUT2D eigenvalue weighted by Crippen LogP contribution is 2.30. The van der Waals surface area contributed by atoms with Gasteiger partial charge < -0.3 is 10.1 Å². The molecular formula is C18H27NO. The third-order valence-electron chi connectivity index (χ3n) is 4.94. The number of hydrogen-bond donors (Lipinski definition) is 1. The number of ether oxygens (including phenoxy) is 1. The summed E-state index contributed by atoms with van der Waals surface area (Å²) < 4.78 is 5.60. The third-order valence-corrected chi connectivity index (χ3v) is 4.94. The van der Waals surface area contributed by atoms with Crippen molar-refractivity contribution in [2.75, 3.05) is 13.2 Å². The second kappa shape index (κ2) is 6.62. The van der Waals surface area contributed by atoms with E-state index in [1.165, 1.54) is 43.2 Å². The summed E-state index contributed by atoms with van der Waals surface area (Å²) in [6.07, 6.45) is 9.39. The van der Waals surface area contributed by atoms with E-state index in [9.17, 15) is 0 Å². The standard InChI is InChI=1S/C18H27NO/c1-2-17(19-11-9-14-5-3-4-6-14)15-7-8-18-16(13-15)10-12-20-18/h7-8,13-14,17,19H,2-6,9-12H2,1H3. The van der Waals surface area contributed by atoms with Crippen molar-refractivity contribution < 1.29 is 4.74 Å². The molecule has 0 radical (unpaired) electrons. The molecule has 20 heavy (non-hydrogen) atoms. The molecule has 1 saturated carbocycles. The summed E-state index contributed by atoms with van der Waals surface area (Å²) in [7, 11) is 0. The molecule has 1 fully saturated rings. The Morgan fingerprint density at radius 2 is 2.15 bits per heavy atom. The van der Waals surface area contributed by atoms with Crippen molar-refractivity contribution >= 4 is 0 Å². The third kappa shape index (κ3) is 3.17. The van der Waals surface area contributed by atoms with Crippen molar-refractivity contribution in [1.82, 2.24) is 5.32 Å². The largest absolute Gasteiger partial charge is 0.493 e. The normalized spacial score (nSPS) is 19.9. The van der Waals surface area contributed by atoms with E-state index in [2.05, 4.69) is 30.4 Å². The molecule has 1 aliphatic heterocycles. The Kier molecular flexibility index (Phi) is 4.62. The smallest absolute Gasteiger partial charge is 0.122 e. The van der Waals surface area contributed by atoms with Crippen LogP contribution >= 0.6 is 0 Å². The maximum absolute atomic E-state index is 5.60. The monoisotopic (exact) mass is 273 g/mol. The highest BCUT2D eigenvalue weighted by Gasteiger charge is 2.17. The van der Waals surface area contributed by atoms with E-state index >= 15 is 0 Å². The number of nitrogens with one attached hydrogen (secondary N) is 1. The minimum Gasteiger partial charge on any atom is -0.493 e. The molecule has 0 aromatic heterocycles. The highest BCUT2D eigenvalue weighted by molar-refractivity contribution is 5.40. The van der Waals surface area contributed by atoms with Crippen molar-refractivity contribution in [3.8, 4) is 5.75 Å². The number of hydrogen-bond acceptors (Lipinski definition) is 2. The van der Waals surface area contributed by atoms with Gasteiger partial charge in [-0.25, -0.2) is 0 Å². The second-order valence-electron chi connectivity index (χ2n) is 6.32. The molecule has 2 heteroatoms. The van der Waals surface area contributed by atoms with Gasteiger partial charge in [0.1, 0.15) is 5.75 Å². The van der Waals surface area contributed by atoms with E-state index in [1.807, 2.05) is 0 Å². The summed E-state index contributed by atoms with van der Waals surface area (Å²) in [5.41, 5.74) is 2.82. The van der Waals surface area contributed by atoms with Gasteiger partial charge in [0.05, 0.1) is 6.61 Å². The zero-order valence-corrected chi connectivity index (χ0v) is 12.7. The van der Waals surface area contributed by atoms with Crippen LogP contribution in [0.25, 0.3) is 0 Å². The highest BCUT2D eigenvalue weighted by atomic mass is 16.5. The van der Waals surface area contributed by atoms with E-state index < -0.39 is 0 Å². The fraction of sp³-hybridized carbons (Fsp3) is 0.667. The predicted octanol–water partition coefficient (Wildman–Crippen LogP) is 4.24. The zero-order chi connectivity index (χ0) is 13.8. The first-order valence-electron chi connectivity index (χ1n) is 8.36. The molecule has 2 aliphatic rings.